The lowest BCUT2D eigenvalue weighted by molar-refractivity contribution is -0.131. The van der Waals surface area contributed by atoms with Crippen LogP contribution in [0.2, 0.25) is 0 Å². The SMILES string of the molecule is CCCCCCCCCN(CCCCCCCC)CCN(CCCCCCCCC)CC(=O)N1CCCC1. The van der Waals surface area contributed by atoms with Gasteiger partial charge in [0, 0.05) is 26.2 Å². The molecule has 4 heteroatoms. The van der Waals surface area contributed by atoms with Crippen molar-refractivity contribution in [2.45, 2.75) is 162 Å². The molecule has 1 amide bonds. The fourth-order valence-electron chi connectivity index (χ4n) is 5.85. The van der Waals surface area contributed by atoms with Crippen LogP contribution in [0, 0.1) is 0 Å². The Labute approximate surface area is 239 Å². The quantitative estimate of drug-likeness (QED) is 0.0935. The molecule has 1 fully saturated rings. The van der Waals surface area contributed by atoms with Crippen molar-refractivity contribution in [2.24, 2.45) is 0 Å². The third kappa shape index (κ3) is 20.3. The average molecular weight is 536 g/mol. The van der Waals surface area contributed by atoms with Crippen LogP contribution in [-0.4, -0.2) is 73.0 Å². The van der Waals surface area contributed by atoms with Gasteiger partial charge >= 0.3 is 0 Å². The second-order valence-corrected chi connectivity index (χ2v) is 12.2. The molecule has 0 N–H and O–H groups in total. The van der Waals surface area contributed by atoms with Gasteiger partial charge in [-0.05, 0) is 51.7 Å². The molecule has 0 spiro atoms. The van der Waals surface area contributed by atoms with Crippen molar-refractivity contribution >= 4 is 5.91 Å². The van der Waals surface area contributed by atoms with Crippen molar-refractivity contribution in [3.05, 3.63) is 0 Å². The van der Waals surface area contributed by atoms with Gasteiger partial charge in [0.1, 0.15) is 0 Å². The lowest BCUT2D eigenvalue weighted by atomic mass is 10.1. The van der Waals surface area contributed by atoms with Crippen LogP contribution in [-0.2, 0) is 4.79 Å². The third-order valence-corrected chi connectivity index (χ3v) is 8.53. The first-order chi connectivity index (χ1) is 18.7. The highest BCUT2D eigenvalue weighted by Gasteiger charge is 2.20. The molecule has 0 bridgehead atoms. The first kappa shape index (κ1) is 35.4. The molecular weight excluding hydrogens is 466 g/mol. The number of amides is 1. The van der Waals surface area contributed by atoms with E-state index >= 15 is 0 Å². The maximum Gasteiger partial charge on any atom is 0.236 e. The van der Waals surface area contributed by atoms with Crippen LogP contribution in [0.3, 0.4) is 0 Å². The third-order valence-electron chi connectivity index (χ3n) is 8.53. The molecule has 1 heterocycles. The molecule has 0 radical (unpaired) electrons. The Hall–Kier alpha value is -0.610. The van der Waals surface area contributed by atoms with Gasteiger partial charge in [0.05, 0.1) is 6.54 Å². The molecule has 4 nitrogen and oxygen atoms in total. The molecule has 1 aliphatic rings. The van der Waals surface area contributed by atoms with E-state index in [9.17, 15) is 4.79 Å². The summed E-state index contributed by atoms with van der Waals surface area (Å²) in [5.74, 6) is 0.375. The van der Waals surface area contributed by atoms with Crippen LogP contribution >= 0.6 is 0 Å². The normalized spacial score (nSPS) is 13.9. The Kier molecular flexibility index (Phi) is 24.8. The topological polar surface area (TPSA) is 26.8 Å². The minimum absolute atomic E-state index is 0.375. The van der Waals surface area contributed by atoms with Gasteiger partial charge in [-0.2, -0.15) is 0 Å². The summed E-state index contributed by atoms with van der Waals surface area (Å²) in [5, 5.41) is 0. The minimum atomic E-state index is 0.375. The molecule has 1 rings (SSSR count). The van der Waals surface area contributed by atoms with E-state index in [1.807, 2.05) is 0 Å². The summed E-state index contributed by atoms with van der Waals surface area (Å²) in [5.41, 5.74) is 0. The second-order valence-electron chi connectivity index (χ2n) is 12.2. The van der Waals surface area contributed by atoms with E-state index in [-0.39, 0.29) is 0 Å². The number of unbranched alkanes of at least 4 members (excludes halogenated alkanes) is 17. The molecular formula is C34H69N3O. The van der Waals surface area contributed by atoms with Crippen LogP contribution in [0.15, 0.2) is 0 Å². The predicted octanol–water partition coefficient (Wildman–Crippen LogP) is 9.07. The fourth-order valence-corrected chi connectivity index (χ4v) is 5.85. The molecule has 0 aromatic carbocycles. The van der Waals surface area contributed by atoms with Gasteiger partial charge in [0.15, 0.2) is 0 Å². The van der Waals surface area contributed by atoms with Crippen molar-refractivity contribution in [2.75, 3.05) is 52.4 Å². The van der Waals surface area contributed by atoms with Crippen molar-refractivity contribution in [1.82, 2.24) is 14.7 Å². The monoisotopic (exact) mass is 536 g/mol. The summed E-state index contributed by atoms with van der Waals surface area (Å²) in [6.45, 7) is 15.3. The van der Waals surface area contributed by atoms with Gasteiger partial charge in [0.2, 0.25) is 5.91 Å². The highest BCUT2D eigenvalue weighted by atomic mass is 16.2. The van der Waals surface area contributed by atoms with E-state index in [0.717, 1.165) is 32.7 Å². The van der Waals surface area contributed by atoms with Crippen molar-refractivity contribution in [3.8, 4) is 0 Å². The summed E-state index contributed by atoms with van der Waals surface area (Å²) in [6, 6.07) is 0. The number of carbonyl (C=O) groups is 1. The van der Waals surface area contributed by atoms with Gasteiger partial charge < -0.3 is 9.80 Å². The molecule has 0 saturated carbocycles. The molecule has 1 aliphatic heterocycles. The van der Waals surface area contributed by atoms with Gasteiger partial charge in [-0.15, -0.1) is 0 Å². The number of hydrogen-bond donors (Lipinski definition) is 0. The summed E-state index contributed by atoms with van der Waals surface area (Å²) < 4.78 is 0. The number of nitrogens with zero attached hydrogens (tertiary/aromatic N) is 3. The molecule has 0 atom stereocenters. The fraction of sp³-hybridized carbons (Fsp3) is 0.971. The van der Waals surface area contributed by atoms with Crippen molar-refractivity contribution in [1.29, 1.82) is 0 Å². The van der Waals surface area contributed by atoms with Crippen LogP contribution < -0.4 is 0 Å². The maximum absolute atomic E-state index is 13.0. The predicted molar refractivity (Wildman–Crippen MR) is 168 cm³/mol. The summed E-state index contributed by atoms with van der Waals surface area (Å²) in [7, 11) is 0. The van der Waals surface area contributed by atoms with Gasteiger partial charge in [-0.3, -0.25) is 9.69 Å². The summed E-state index contributed by atoms with van der Waals surface area (Å²) in [4.78, 5) is 20.4. The number of rotatable bonds is 28. The van der Waals surface area contributed by atoms with Crippen LogP contribution in [0.5, 0.6) is 0 Å². The van der Waals surface area contributed by atoms with Crippen LogP contribution in [0.4, 0.5) is 0 Å². The zero-order valence-electron chi connectivity index (χ0n) is 26.5. The molecule has 38 heavy (non-hydrogen) atoms. The van der Waals surface area contributed by atoms with Gasteiger partial charge in [0.25, 0.3) is 0 Å². The first-order valence-electron chi connectivity index (χ1n) is 17.4. The van der Waals surface area contributed by atoms with Gasteiger partial charge in [-0.25, -0.2) is 0 Å². The minimum Gasteiger partial charge on any atom is -0.342 e. The highest BCUT2D eigenvalue weighted by Crippen LogP contribution is 2.12. The number of carbonyl (C=O) groups excluding carboxylic acids is 1. The number of hydrogen-bond acceptors (Lipinski definition) is 3. The Morgan fingerprint density at radius 2 is 0.816 bits per heavy atom. The molecule has 0 unspecified atom stereocenters. The lowest BCUT2D eigenvalue weighted by Crippen LogP contribution is -2.43. The van der Waals surface area contributed by atoms with E-state index in [0.29, 0.717) is 12.5 Å². The van der Waals surface area contributed by atoms with E-state index in [4.69, 9.17) is 0 Å². The lowest BCUT2D eigenvalue weighted by Gasteiger charge is -2.29. The molecule has 0 aromatic heterocycles. The Morgan fingerprint density at radius 3 is 1.24 bits per heavy atom. The first-order valence-corrected chi connectivity index (χ1v) is 17.4. The molecule has 0 aromatic rings. The van der Waals surface area contributed by atoms with Crippen LogP contribution in [0.25, 0.3) is 0 Å². The molecule has 226 valence electrons. The van der Waals surface area contributed by atoms with Crippen molar-refractivity contribution < 1.29 is 4.79 Å². The Bertz CT molecular complexity index is 506. The standard InChI is InChI=1S/C34H69N3O/c1-4-7-10-13-16-19-22-27-35(26-21-18-15-12-9-6-3)31-32-36(28-23-20-17-14-11-8-5-2)33-34(38)37-29-24-25-30-37/h4-33H2,1-3H3. The number of likely N-dealkylation sites (tertiary alicyclic amines) is 1. The van der Waals surface area contributed by atoms with E-state index in [1.165, 1.54) is 154 Å². The van der Waals surface area contributed by atoms with E-state index < -0.39 is 0 Å². The van der Waals surface area contributed by atoms with E-state index in [1.54, 1.807) is 0 Å². The van der Waals surface area contributed by atoms with Gasteiger partial charge in [-0.1, -0.05) is 130 Å². The Morgan fingerprint density at radius 1 is 0.474 bits per heavy atom. The smallest absolute Gasteiger partial charge is 0.236 e. The molecule has 0 aliphatic carbocycles. The average Bonchev–Trinajstić information content (AvgIpc) is 3.47. The Balaban J connectivity index is 2.50. The van der Waals surface area contributed by atoms with Crippen molar-refractivity contribution in [3.63, 3.8) is 0 Å². The maximum atomic E-state index is 13.0. The zero-order valence-corrected chi connectivity index (χ0v) is 26.5. The second kappa shape index (κ2) is 26.6. The van der Waals surface area contributed by atoms with E-state index in [2.05, 4.69) is 35.5 Å². The summed E-state index contributed by atoms with van der Waals surface area (Å²) in [6.07, 6.45) is 29.7. The van der Waals surface area contributed by atoms with Crippen LogP contribution in [0.1, 0.15) is 162 Å². The zero-order chi connectivity index (χ0) is 27.5. The molecule has 1 saturated heterocycles. The highest BCUT2D eigenvalue weighted by molar-refractivity contribution is 5.78. The largest absolute Gasteiger partial charge is 0.342 e. The summed E-state index contributed by atoms with van der Waals surface area (Å²) >= 11 is 0.